The van der Waals surface area contributed by atoms with Crippen molar-refractivity contribution in [3.05, 3.63) is 54.1 Å². The molecule has 1 fully saturated rings. The summed E-state index contributed by atoms with van der Waals surface area (Å²) >= 11 is 0. The molecule has 0 bridgehead atoms. The van der Waals surface area contributed by atoms with Crippen LogP contribution in [-0.4, -0.2) is 63.4 Å². The van der Waals surface area contributed by atoms with Crippen LogP contribution in [0.2, 0.25) is 0 Å². The van der Waals surface area contributed by atoms with Crippen molar-refractivity contribution in [2.45, 2.75) is 24.7 Å². The molecular weight excluding hydrogens is 404 g/mol. The highest BCUT2D eigenvalue weighted by atomic mass is 32.2. The third-order valence-electron chi connectivity index (χ3n) is 5.13. The molecule has 30 heavy (non-hydrogen) atoms. The molecule has 162 valence electrons. The third-order valence-corrected chi connectivity index (χ3v) is 7.04. The number of ether oxygens (including phenoxy) is 2. The van der Waals surface area contributed by atoms with Crippen LogP contribution in [-0.2, 0) is 21.2 Å². The minimum absolute atomic E-state index is 0.0274. The van der Waals surface area contributed by atoms with Gasteiger partial charge in [-0.25, -0.2) is 8.42 Å². The van der Waals surface area contributed by atoms with Gasteiger partial charge in [0.25, 0.3) is 0 Å². The van der Waals surface area contributed by atoms with Gasteiger partial charge in [0.2, 0.25) is 15.9 Å². The number of hydrogen-bond donors (Lipinski definition) is 0. The van der Waals surface area contributed by atoms with Crippen LogP contribution in [0.3, 0.4) is 0 Å². The van der Waals surface area contributed by atoms with E-state index in [-0.39, 0.29) is 10.8 Å². The number of nitrogens with zero attached hydrogens (tertiary/aromatic N) is 2. The standard InChI is InChI=1S/C22H28N2O5S/c1-3-29-20-11-9-18(17-21(20)28-2)10-12-22(25)23-13-15-24(16-14-23)30(26,27)19-7-5-4-6-8-19/h4-9,11,17H,3,10,12-16H2,1-2H3. The summed E-state index contributed by atoms with van der Waals surface area (Å²) in [6, 6.07) is 14.1. The molecule has 2 aromatic rings. The topological polar surface area (TPSA) is 76.2 Å². The zero-order valence-corrected chi connectivity index (χ0v) is 18.2. The summed E-state index contributed by atoms with van der Waals surface area (Å²) in [6.45, 7) is 3.88. The van der Waals surface area contributed by atoms with Gasteiger partial charge in [-0.1, -0.05) is 24.3 Å². The van der Waals surface area contributed by atoms with Crippen molar-refractivity contribution in [3.63, 3.8) is 0 Å². The van der Waals surface area contributed by atoms with E-state index in [4.69, 9.17) is 9.47 Å². The lowest BCUT2D eigenvalue weighted by molar-refractivity contribution is -0.132. The molecule has 1 aliphatic heterocycles. The zero-order chi connectivity index (χ0) is 21.6. The number of rotatable bonds is 8. The van der Waals surface area contributed by atoms with Gasteiger partial charge in [-0.15, -0.1) is 0 Å². The van der Waals surface area contributed by atoms with Crippen LogP contribution in [0, 0.1) is 0 Å². The van der Waals surface area contributed by atoms with Crippen molar-refractivity contribution in [1.29, 1.82) is 0 Å². The fraction of sp³-hybridized carbons (Fsp3) is 0.409. The Balaban J connectivity index is 1.53. The number of carbonyl (C=O) groups excluding carboxylic acids is 1. The summed E-state index contributed by atoms with van der Waals surface area (Å²) < 4.78 is 37.7. The first-order chi connectivity index (χ1) is 14.5. The number of carbonyl (C=O) groups is 1. The first-order valence-electron chi connectivity index (χ1n) is 10.1. The molecule has 0 aliphatic carbocycles. The Morgan fingerprint density at radius 2 is 1.70 bits per heavy atom. The monoisotopic (exact) mass is 432 g/mol. The number of piperazine rings is 1. The fourth-order valence-electron chi connectivity index (χ4n) is 3.47. The maximum Gasteiger partial charge on any atom is 0.243 e. The van der Waals surface area contributed by atoms with Crippen molar-refractivity contribution in [2.24, 2.45) is 0 Å². The number of aryl methyl sites for hydroxylation is 1. The molecule has 0 radical (unpaired) electrons. The quantitative estimate of drug-likeness (QED) is 0.641. The van der Waals surface area contributed by atoms with E-state index in [0.717, 1.165) is 5.56 Å². The minimum atomic E-state index is -3.51. The van der Waals surface area contributed by atoms with Gasteiger partial charge in [-0.3, -0.25) is 4.79 Å². The van der Waals surface area contributed by atoms with Crippen LogP contribution in [0.5, 0.6) is 11.5 Å². The Bertz CT molecular complexity index is 955. The Morgan fingerprint density at radius 3 is 2.33 bits per heavy atom. The van der Waals surface area contributed by atoms with Gasteiger partial charge in [0.05, 0.1) is 18.6 Å². The van der Waals surface area contributed by atoms with Crippen LogP contribution in [0.1, 0.15) is 18.9 Å². The number of sulfonamides is 1. The van der Waals surface area contributed by atoms with E-state index in [1.165, 1.54) is 4.31 Å². The molecule has 7 nitrogen and oxygen atoms in total. The Labute approximate surface area is 178 Å². The van der Waals surface area contributed by atoms with E-state index in [9.17, 15) is 13.2 Å². The average Bonchev–Trinajstić information content (AvgIpc) is 2.79. The number of hydrogen-bond acceptors (Lipinski definition) is 5. The average molecular weight is 433 g/mol. The summed E-state index contributed by atoms with van der Waals surface area (Å²) in [5.41, 5.74) is 0.994. The van der Waals surface area contributed by atoms with Crippen molar-refractivity contribution < 1.29 is 22.7 Å². The van der Waals surface area contributed by atoms with Crippen LogP contribution in [0.25, 0.3) is 0 Å². The molecule has 0 N–H and O–H groups in total. The molecule has 0 saturated carbocycles. The van der Waals surface area contributed by atoms with Gasteiger partial charge in [-0.05, 0) is 43.2 Å². The molecule has 0 aromatic heterocycles. The van der Waals surface area contributed by atoms with Crippen LogP contribution >= 0.6 is 0 Å². The number of amides is 1. The second kappa shape index (κ2) is 9.95. The minimum Gasteiger partial charge on any atom is -0.493 e. The highest BCUT2D eigenvalue weighted by Gasteiger charge is 2.29. The first kappa shape index (κ1) is 22.1. The summed E-state index contributed by atoms with van der Waals surface area (Å²) in [5, 5.41) is 0. The second-order valence-corrected chi connectivity index (χ2v) is 8.95. The molecule has 0 unspecified atom stereocenters. The molecule has 1 saturated heterocycles. The molecule has 8 heteroatoms. The van der Waals surface area contributed by atoms with Gasteiger partial charge < -0.3 is 14.4 Å². The summed E-state index contributed by atoms with van der Waals surface area (Å²) in [7, 11) is -1.92. The van der Waals surface area contributed by atoms with E-state index < -0.39 is 10.0 Å². The Morgan fingerprint density at radius 1 is 1.00 bits per heavy atom. The number of benzene rings is 2. The maximum atomic E-state index is 12.7. The summed E-state index contributed by atoms with van der Waals surface area (Å²) in [5.74, 6) is 1.37. The lowest BCUT2D eigenvalue weighted by atomic mass is 10.1. The lowest BCUT2D eigenvalue weighted by Crippen LogP contribution is -2.50. The van der Waals surface area contributed by atoms with E-state index in [0.29, 0.717) is 57.1 Å². The van der Waals surface area contributed by atoms with Crippen molar-refractivity contribution in [3.8, 4) is 11.5 Å². The molecule has 0 spiro atoms. The lowest BCUT2D eigenvalue weighted by Gasteiger charge is -2.34. The van der Waals surface area contributed by atoms with Gasteiger partial charge in [-0.2, -0.15) is 4.31 Å². The van der Waals surface area contributed by atoms with Crippen molar-refractivity contribution in [1.82, 2.24) is 9.21 Å². The molecule has 1 amide bonds. The Hall–Kier alpha value is -2.58. The molecule has 1 aliphatic rings. The van der Waals surface area contributed by atoms with Crippen LogP contribution in [0.15, 0.2) is 53.4 Å². The van der Waals surface area contributed by atoms with Gasteiger partial charge in [0.15, 0.2) is 11.5 Å². The van der Waals surface area contributed by atoms with Crippen LogP contribution < -0.4 is 9.47 Å². The largest absolute Gasteiger partial charge is 0.493 e. The SMILES string of the molecule is CCOc1ccc(CCC(=O)N2CCN(S(=O)(=O)c3ccccc3)CC2)cc1OC. The highest BCUT2D eigenvalue weighted by Crippen LogP contribution is 2.28. The van der Waals surface area contributed by atoms with E-state index in [1.807, 2.05) is 25.1 Å². The zero-order valence-electron chi connectivity index (χ0n) is 17.4. The van der Waals surface area contributed by atoms with Crippen LogP contribution in [0.4, 0.5) is 0 Å². The number of methoxy groups -OCH3 is 1. The predicted octanol–water partition coefficient (Wildman–Crippen LogP) is 2.56. The maximum absolute atomic E-state index is 12.7. The highest BCUT2D eigenvalue weighted by molar-refractivity contribution is 7.89. The van der Waals surface area contributed by atoms with E-state index in [2.05, 4.69) is 0 Å². The summed E-state index contributed by atoms with van der Waals surface area (Å²) in [4.78, 5) is 14.6. The van der Waals surface area contributed by atoms with Gasteiger partial charge in [0.1, 0.15) is 0 Å². The third kappa shape index (κ3) is 5.12. The Kier molecular flexibility index (Phi) is 7.33. The van der Waals surface area contributed by atoms with Gasteiger partial charge >= 0.3 is 0 Å². The molecule has 1 heterocycles. The van der Waals surface area contributed by atoms with Gasteiger partial charge in [0, 0.05) is 32.6 Å². The normalized spacial score (nSPS) is 15.1. The van der Waals surface area contributed by atoms with Crippen molar-refractivity contribution >= 4 is 15.9 Å². The van der Waals surface area contributed by atoms with E-state index >= 15 is 0 Å². The second-order valence-electron chi connectivity index (χ2n) is 7.02. The molecule has 3 rings (SSSR count). The summed E-state index contributed by atoms with van der Waals surface area (Å²) in [6.07, 6.45) is 0.951. The fourth-order valence-corrected chi connectivity index (χ4v) is 4.91. The predicted molar refractivity (Wildman–Crippen MR) is 114 cm³/mol. The molecule has 0 atom stereocenters. The smallest absolute Gasteiger partial charge is 0.243 e. The van der Waals surface area contributed by atoms with E-state index in [1.54, 1.807) is 42.3 Å². The first-order valence-corrected chi connectivity index (χ1v) is 11.5. The molecular formula is C22H28N2O5S. The van der Waals surface area contributed by atoms with Crippen molar-refractivity contribution in [2.75, 3.05) is 39.9 Å². The molecule has 2 aromatic carbocycles.